The largest absolute Gasteiger partial charge is 0.485 e. The number of nitrogens with zero attached hydrogens (tertiary/aromatic N) is 3. The van der Waals surface area contributed by atoms with Gasteiger partial charge in [-0.2, -0.15) is 5.10 Å². The fourth-order valence-electron chi connectivity index (χ4n) is 1.75. The van der Waals surface area contributed by atoms with Crippen LogP contribution in [0.2, 0.25) is 0 Å². The number of para-hydroxylation sites is 1. The van der Waals surface area contributed by atoms with Crippen molar-refractivity contribution in [2.24, 2.45) is 5.92 Å². The Labute approximate surface area is 112 Å². The van der Waals surface area contributed by atoms with E-state index in [1.807, 2.05) is 10.7 Å². The summed E-state index contributed by atoms with van der Waals surface area (Å²) in [6, 6.07) is 7.13. The molecule has 19 heavy (non-hydrogen) atoms. The molecule has 5 heteroatoms. The molecule has 5 nitrogen and oxygen atoms in total. The average Bonchev–Trinajstić information content (AvgIpc) is 2.83. The minimum Gasteiger partial charge on any atom is -0.485 e. The van der Waals surface area contributed by atoms with Crippen LogP contribution in [0.25, 0.3) is 0 Å². The molecule has 0 fully saturated rings. The van der Waals surface area contributed by atoms with Gasteiger partial charge in [-0.25, -0.2) is 9.67 Å². The van der Waals surface area contributed by atoms with Gasteiger partial charge in [-0.1, -0.05) is 26.0 Å². The van der Waals surface area contributed by atoms with Crippen LogP contribution in [-0.4, -0.2) is 21.1 Å². The van der Waals surface area contributed by atoms with E-state index in [2.05, 4.69) is 23.9 Å². The summed E-state index contributed by atoms with van der Waals surface area (Å²) in [7, 11) is 0. The summed E-state index contributed by atoms with van der Waals surface area (Å²) in [5.41, 5.74) is 0.539. The van der Waals surface area contributed by atoms with Crippen LogP contribution < -0.4 is 4.74 Å². The van der Waals surface area contributed by atoms with E-state index in [1.165, 1.54) is 6.33 Å². The van der Waals surface area contributed by atoms with E-state index >= 15 is 0 Å². The second-order valence-electron chi connectivity index (χ2n) is 4.70. The van der Waals surface area contributed by atoms with Gasteiger partial charge in [0.15, 0.2) is 12.1 Å². The van der Waals surface area contributed by atoms with Crippen molar-refractivity contribution in [1.82, 2.24) is 14.8 Å². The summed E-state index contributed by atoms with van der Waals surface area (Å²) in [6.45, 7) is 5.34. The van der Waals surface area contributed by atoms with Crippen molar-refractivity contribution in [3.63, 3.8) is 0 Å². The molecule has 0 saturated heterocycles. The van der Waals surface area contributed by atoms with Gasteiger partial charge in [0, 0.05) is 6.54 Å². The third-order valence-electron chi connectivity index (χ3n) is 2.64. The predicted octanol–water partition coefficient (Wildman–Crippen LogP) is 2.33. The van der Waals surface area contributed by atoms with Gasteiger partial charge in [0.25, 0.3) is 0 Å². The quantitative estimate of drug-likeness (QED) is 0.747. The molecule has 0 bridgehead atoms. The van der Waals surface area contributed by atoms with Crippen LogP contribution in [0, 0.1) is 5.92 Å². The van der Waals surface area contributed by atoms with Crippen molar-refractivity contribution in [3.05, 3.63) is 42.0 Å². The molecule has 1 aromatic carbocycles. The summed E-state index contributed by atoms with van der Waals surface area (Å²) in [5, 5.41) is 4.17. The molecule has 0 saturated carbocycles. The Bertz CT molecular complexity index is 549. The molecule has 0 aliphatic rings. The molecule has 0 amide bonds. The summed E-state index contributed by atoms with van der Waals surface area (Å²) in [6.07, 6.45) is 2.31. The first-order valence-electron chi connectivity index (χ1n) is 6.24. The van der Waals surface area contributed by atoms with Gasteiger partial charge in [0.1, 0.15) is 18.7 Å². The van der Waals surface area contributed by atoms with Gasteiger partial charge in [-0.15, -0.1) is 0 Å². The highest BCUT2D eigenvalue weighted by Crippen LogP contribution is 2.17. The highest BCUT2D eigenvalue weighted by Gasteiger charge is 2.08. The number of hydrogen-bond acceptors (Lipinski definition) is 4. The second-order valence-corrected chi connectivity index (χ2v) is 4.70. The Morgan fingerprint density at radius 1 is 1.37 bits per heavy atom. The average molecular weight is 259 g/mol. The molecule has 0 radical (unpaired) electrons. The molecule has 0 N–H and O–H groups in total. The number of ether oxygens (including phenoxy) is 1. The van der Waals surface area contributed by atoms with Crippen molar-refractivity contribution in [2.45, 2.75) is 27.0 Å². The van der Waals surface area contributed by atoms with Crippen molar-refractivity contribution in [3.8, 4) is 5.75 Å². The number of aldehydes is 1. The van der Waals surface area contributed by atoms with Crippen LogP contribution in [0.5, 0.6) is 5.75 Å². The standard InChI is InChI=1S/C14H17N3O2/c1-11(2)7-17-14(15-10-16-17)9-19-13-6-4-3-5-12(13)8-18/h3-6,8,10-11H,7,9H2,1-2H3. The Morgan fingerprint density at radius 2 is 2.16 bits per heavy atom. The van der Waals surface area contributed by atoms with Gasteiger partial charge >= 0.3 is 0 Å². The predicted molar refractivity (Wildman–Crippen MR) is 71.0 cm³/mol. The van der Waals surface area contributed by atoms with E-state index in [9.17, 15) is 4.79 Å². The van der Waals surface area contributed by atoms with Crippen molar-refractivity contribution >= 4 is 6.29 Å². The molecule has 0 aliphatic heterocycles. The van der Waals surface area contributed by atoms with Gasteiger partial charge in [0.2, 0.25) is 0 Å². The Kier molecular flexibility index (Phi) is 4.28. The summed E-state index contributed by atoms with van der Waals surface area (Å²) >= 11 is 0. The van der Waals surface area contributed by atoms with Crippen LogP contribution in [0.1, 0.15) is 30.0 Å². The minimum absolute atomic E-state index is 0.303. The van der Waals surface area contributed by atoms with Crippen LogP contribution >= 0.6 is 0 Å². The fourth-order valence-corrected chi connectivity index (χ4v) is 1.75. The first-order chi connectivity index (χ1) is 9.20. The zero-order chi connectivity index (χ0) is 13.7. The first-order valence-corrected chi connectivity index (χ1v) is 6.24. The van der Waals surface area contributed by atoms with E-state index in [1.54, 1.807) is 18.2 Å². The van der Waals surface area contributed by atoms with E-state index in [4.69, 9.17) is 4.74 Å². The molecule has 0 atom stereocenters. The van der Waals surface area contributed by atoms with Crippen molar-refractivity contribution < 1.29 is 9.53 Å². The smallest absolute Gasteiger partial charge is 0.164 e. The van der Waals surface area contributed by atoms with Crippen molar-refractivity contribution in [1.29, 1.82) is 0 Å². The summed E-state index contributed by atoms with van der Waals surface area (Å²) < 4.78 is 7.47. The van der Waals surface area contributed by atoms with Crippen LogP contribution in [0.4, 0.5) is 0 Å². The number of carbonyl (C=O) groups excluding carboxylic acids is 1. The number of rotatable bonds is 6. The van der Waals surface area contributed by atoms with Gasteiger partial charge in [-0.05, 0) is 18.1 Å². The van der Waals surface area contributed by atoms with Crippen LogP contribution in [0.15, 0.2) is 30.6 Å². The maximum Gasteiger partial charge on any atom is 0.164 e. The number of aromatic nitrogens is 3. The summed E-state index contributed by atoms with van der Waals surface area (Å²) in [4.78, 5) is 15.1. The fraction of sp³-hybridized carbons (Fsp3) is 0.357. The van der Waals surface area contributed by atoms with Crippen molar-refractivity contribution in [2.75, 3.05) is 0 Å². The maximum absolute atomic E-state index is 10.9. The molecular formula is C14H17N3O2. The molecule has 0 unspecified atom stereocenters. The molecule has 0 aliphatic carbocycles. The molecule has 0 spiro atoms. The Balaban J connectivity index is 2.06. The highest BCUT2D eigenvalue weighted by molar-refractivity contribution is 5.79. The third-order valence-corrected chi connectivity index (χ3v) is 2.64. The highest BCUT2D eigenvalue weighted by atomic mass is 16.5. The molecule has 1 aromatic heterocycles. The van der Waals surface area contributed by atoms with Crippen LogP contribution in [0.3, 0.4) is 0 Å². The van der Waals surface area contributed by atoms with E-state index < -0.39 is 0 Å². The lowest BCUT2D eigenvalue weighted by molar-refractivity contribution is 0.111. The molecule has 2 aromatic rings. The van der Waals surface area contributed by atoms with Gasteiger partial charge in [-0.3, -0.25) is 4.79 Å². The topological polar surface area (TPSA) is 57.0 Å². The SMILES string of the molecule is CC(C)Cn1ncnc1COc1ccccc1C=O. The number of hydrogen-bond donors (Lipinski definition) is 0. The molecule has 2 rings (SSSR count). The third kappa shape index (κ3) is 3.40. The Morgan fingerprint density at radius 3 is 2.89 bits per heavy atom. The number of benzene rings is 1. The van der Waals surface area contributed by atoms with E-state index in [0.29, 0.717) is 23.8 Å². The van der Waals surface area contributed by atoms with E-state index in [-0.39, 0.29) is 0 Å². The van der Waals surface area contributed by atoms with E-state index in [0.717, 1.165) is 18.7 Å². The van der Waals surface area contributed by atoms with Gasteiger partial charge < -0.3 is 4.74 Å². The lowest BCUT2D eigenvalue weighted by Crippen LogP contribution is -2.12. The lowest BCUT2D eigenvalue weighted by atomic mass is 10.2. The van der Waals surface area contributed by atoms with Gasteiger partial charge in [0.05, 0.1) is 5.56 Å². The van der Waals surface area contributed by atoms with Crippen LogP contribution in [-0.2, 0) is 13.2 Å². The summed E-state index contributed by atoms with van der Waals surface area (Å²) in [5.74, 6) is 1.81. The normalized spacial score (nSPS) is 10.7. The molecule has 100 valence electrons. The molecular weight excluding hydrogens is 242 g/mol. The monoisotopic (exact) mass is 259 g/mol. The molecule has 1 heterocycles. The zero-order valence-corrected chi connectivity index (χ0v) is 11.1. The second kappa shape index (κ2) is 6.13. The maximum atomic E-state index is 10.9. The lowest BCUT2D eigenvalue weighted by Gasteiger charge is -2.10. The zero-order valence-electron chi connectivity index (χ0n) is 11.1. The Hall–Kier alpha value is -2.17. The number of carbonyl (C=O) groups is 1. The minimum atomic E-state index is 0.303. The first kappa shape index (κ1) is 13.3.